The zero-order valence-electron chi connectivity index (χ0n) is 17.1. The summed E-state index contributed by atoms with van der Waals surface area (Å²) in [5, 5.41) is 2.89. The van der Waals surface area contributed by atoms with E-state index in [2.05, 4.69) is 43.1 Å². The second-order valence-corrected chi connectivity index (χ2v) is 7.84. The van der Waals surface area contributed by atoms with E-state index >= 15 is 0 Å². The topological polar surface area (TPSA) is 66.9 Å². The molecule has 0 aliphatic carbocycles. The monoisotopic (exact) mass is 462 g/mol. The van der Waals surface area contributed by atoms with Gasteiger partial charge in [0.2, 0.25) is 0 Å². The van der Waals surface area contributed by atoms with Crippen LogP contribution >= 0.6 is 15.9 Å². The van der Waals surface area contributed by atoms with Gasteiger partial charge >= 0.3 is 0 Å². The molecular formula is C21H27BrN4O3. The molecule has 7 nitrogen and oxygen atoms in total. The van der Waals surface area contributed by atoms with E-state index in [-0.39, 0.29) is 5.91 Å². The second kappa shape index (κ2) is 9.93. The van der Waals surface area contributed by atoms with Gasteiger partial charge in [-0.1, -0.05) is 6.92 Å². The number of ether oxygens (including phenoxy) is 2. The van der Waals surface area contributed by atoms with E-state index in [0.717, 1.165) is 38.4 Å². The molecule has 2 aromatic rings. The molecular weight excluding hydrogens is 436 g/mol. The Morgan fingerprint density at radius 1 is 1.24 bits per heavy atom. The molecule has 1 fully saturated rings. The summed E-state index contributed by atoms with van der Waals surface area (Å²) in [7, 11) is 3.68. The number of nitrogens with zero attached hydrogens (tertiary/aromatic N) is 3. The molecule has 1 aromatic heterocycles. The molecule has 8 heteroatoms. The highest BCUT2D eigenvalue weighted by Gasteiger charge is 2.17. The average molecular weight is 463 g/mol. The number of hydrogen-bond acceptors (Lipinski definition) is 6. The van der Waals surface area contributed by atoms with Crippen molar-refractivity contribution in [2.75, 3.05) is 57.2 Å². The number of likely N-dealkylation sites (N-methyl/N-ethyl adjacent to an activating group) is 1. The molecule has 1 saturated heterocycles. The van der Waals surface area contributed by atoms with Gasteiger partial charge in [0.1, 0.15) is 5.82 Å². The third-order valence-electron chi connectivity index (χ3n) is 4.78. The molecule has 0 bridgehead atoms. The van der Waals surface area contributed by atoms with Gasteiger partial charge in [-0.25, -0.2) is 4.98 Å². The number of hydrogen-bond donors (Lipinski definition) is 1. The van der Waals surface area contributed by atoms with Crippen LogP contribution < -0.4 is 19.7 Å². The number of anilines is 2. The summed E-state index contributed by atoms with van der Waals surface area (Å²) in [5.74, 6) is 1.81. The summed E-state index contributed by atoms with van der Waals surface area (Å²) >= 11 is 3.47. The Balaban J connectivity index is 1.69. The number of rotatable bonds is 7. The van der Waals surface area contributed by atoms with Crippen molar-refractivity contribution >= 4 is 33.3 Å². The highest BCUT2D eigenvalue weighted by molar-refractivity contribution is 9.10. The molecule has 0 radical (unpaired) electrons. The summed E-state index contributed by atoms with van der Waals surface area (Å²) in [6, 6.07) is 7.23. The van der Waals surface area contributed by atoms with Crippen LogP contribution in [0.5, 0.6) is 11.5 Å². The number of carbonyl (C=O) groups excluding carboxylic acids is 1. The molecule has 0 spiro atoms. The van der Waals surface area contributed by atoms with E-state index in [1.807, 2.05) is 19.1 Å². The molecule has 1 amide bonds. The van der Waals surface area contributed by atoms with Crippen molar-refractivity contribution in [3.8, 4) is 11.5 Å². The van der Waals surface area contributed by atoms with E-state index in [4.69, 9.17) is 9.47 Å². The Bertz CT molecular complexity index is 837. The predicted octanol–water partition coefficient (Wildman–Crippen LogP) is 3.65. The van der Waals surface area contributed by atoms with Crippen molar-refractivity contribution in [3.05, 3.63) is 40.5 Å². The minimum absolute atomic E-state index is 0.236. The fourth-order valence-corrected chi connectivity index (χ4v) is 3.64. The van der Waals surface area contributed by atoms with Crippen LogP contribution in [0.4, 0.5) is 11.5 Å². The number of nitrogens with one attached hydrogen (secondary N) is 1. The first-order valence-corrected chi connectivity index (χ1v) is 10.5. The number of methoxy groups -OCH3 is 1. The van der Waals surface area contributed by atoms with Crippen LogP contribution in [0.3, 0.4) is 0 Å². The van der Waals surface area contributed by atoms with E-state index in [9.17, 15) is 4.79 Å². The fraction of sp³-hybridized carbons (Fsp3) is 0.429. The SMILES string of the molecule is CCCOc1c(Br)cc(C(=O)Nc2ccc(N3CCN(C)CC3)nc2)cc1OC. The van der Waals surface area contributed by atoms with E-state index in [0.29, 0.717) is 33.8 Å². The number of aromatic nitrogens is 1. The Hall–Kier alpha value is -2.32. The lowest BCUT2D eigenvalue weighted by atomic mass is 10.2. The number of halogens is 1. The third kappa shape index (κ3) is 5.39. The third-order valence-corrected chi connectivity index (χ3v) is 5.36. The number of carbonyl (C=O) groups is 1. The Morgan fingerprint density at radius 3 is 2.62 bits per heavy atom. The van der Waals surface area contributed by atoms with Crippen LogP contribution in [0.2, 0.25) is 0 Å². The molecule has 1 aliphatic heterocycles. The Labute approximate surface area is 180 Å². The maximum atomic E-state index is 12.7. The number of piperazine rings is 1. The second-order valence-electron chi connectivity index (χ2n) is 6.99. The van der Waals surface area contributed by atoms with Crippen molar-refractivity contribution in [3.63, 3.8) is 0 Å². The average Bonchev–Trinajstić information content (AvgIpc) is 2.73. The lowest BCUT2D eigenvalue weighted by molar-refractivity contribution is 0.102. The number of amides is 1. The van der Waals surface area contributed by atoms with Crippen LogP contribution in [-0.2, 0) is 0 Å². The van der Waals surface area contributed by atoms with Gasteiger partial charge in [0, 0.05) is 31.7 Å². The predicted molar refractivity (Wildman–Crippen MR) is 118 cm³/mol. The quantitative estimate of drug-likeness (QED) is 0.677. The molecule has 3 rings (SSSR count). The van der Waals surface area contributed by atoms with Crippen molar-refractivity contribution in [2.45, 2.75) is 13.3 Å². The molecule has 1 aromatic carbocycles. The van der Waals surface area contributed by atoms with Gasteiger partial charge in [-0.15, -0.1) is 0 Å². The van der Waals surface area contributed by atoms with Gasteiger partial charge in [0.05, 0.1) is 30.1 Å². The van der Waals surface area contributed by atoms with Crippen LogP contribution in [0.25, 0.3) is 0 Å². The summed E-state index contributed by atoms with van der Waals surface area (Å²) in [6.45, 7) is 6.56. The summed E-state index contributed by atoms with van der Waals surface area (Å²) in [5.41, 5.74) is 1.12. The zero-order chi connectivity index (χ0) is 20.8. The lowest BCUT2D eigenvalue weighted by Gasteiger charge is -2.33. The van der Waals surface area contributed by atoms with Gasteiger partial charge in [-0.3, -0.25) is 4.79 Å². The number of benzene rings is 1. The van der Waals surface area contributed by atoms with Crippen molar-refractivity contribution in [1.29, 1.82) is 0 Å². The fourth-order valence-electron chi connectivity index (χ4n) is 3.08. The molecule has 156 valence electrons. The summed E-state index contributed by atoms with van der Waals surface area (Å²) in [4.78, 5) is 21.8. The van der Waals surface area contributed by atoms with Crippen LogP contribution in [0, 0.1) is 0 Å². The first-order valence-electron chi connectivity index (χ1n) is 9.73. The van der Waals surface area contributed by atoms with E-state index in [1.165, 1.54) is 0 Å². The molecule has 0 atom stereocenters. The molecule has 29 heavy (non-hydrogen) atoms. The van der Waals surface area contributed by atoms with Gasteiger partial charge in [0.15, 0.2) is 11.5 Å². The van der Waals surface area contributed by atoms with Crippen molar-refractivity contribution in [2.24, 2.45) is 0 Å². The molecule has 1 N–H and O–H groups in total. The number of pyridine rings is 1. The Morgan fingerprint density at radius 2 is 2.00 bits per heavy atom. The standard InChI is InChI=1S/C21H27BrN4O3/c1-4-11-29-20-17(22)12-15(13-18(20)28-3)21(27)24-16-5-6-19(23-14-16)26-9-7-25(2)8-10-26/h5-6,12-14H,4,7-11H2,1-3H3,(H,24,27). The first-order chi connectivity index (χ1) is 14.0. The van der Waals surface area contributed by atoms with Crippen LogP contribution in [-0.4, -0.2) is 62.7 Å². The first kappa shape index (κ1) is 21.4. The van der Waals surface area contributed by atoms with E-state index in [1.54, 1.807) is 25.4 Å². The van der Waals surface area contributed by atoms with Crippen molar-refractivity contribution < 1.29 is 14.3 Å². The minimum Gasteiger partial charge on any atom is -0.493 e. The van der Waals surface area contributed by atoms with Crippen LogP contribution in [0.15, 0.2) is 34.9 Å². The zero-order valence-corrected chi connectivity index (χ0v) is 18.7. The molecule has 2 heterocycles. The highest BCUT2D eigenvalue weighted by atomic mass is 79.9. The molecule has 1 aliphatic rings. The van der Waals surface area contributed by atoms with E-state index < -0.39 is 0 Å². The van der Waals surface area contributed by atoms with Gasteiger partial charge in [0.25, 0.3) is 5.91 Å². The smallest absolute Gasteiger partial charge is 0.255 e. The highest BCUT2D eigenvalue weighted by Crippen LogP contribution is 2.37. The largest absolute Gasteiger partial charge is 0.493 e. The van der Waals surface area contributed by atoms with Gasteiger partial charge in [-0.2, -0.15) is 0 Å². The maximum Gasteiger partial charge on any atom is 0.255 e. The lowest BCUT2D eigenvalue weighted by Crippen LogP contribution is -2.44. The Kier molecular flexibility index (Phi) is 7.33. The van der Waals surface area contributed by atoms with Crippen LogP contribution in [0.1, 0.15) is 23.7 Å². The maximum absolute atomic E-state index is 12.7. The normalized spacial score (nSPS) is 14.6. The van der Waals surface area contributed by atoms with Gasteiger partial charge in [-0.05, 0) is 53.7 Å². The molecule has 0 saturated carbocycles. The summed E-state index contributed by atoms with van der Waals surface area (Å²) < 4.78 is 11.8. The minimum atomic E-state index is -0.236. The van der Waals surface area contributed by atoms with Crippen molar-refractivity contribution in [1.82, 2.24) is 9.88 Å². The van der Waals surface area contributed by atoms with Gasteiger partial charge < -0.3 is 24.6 Å². The molecule has 0 unspecified atom stereocenters. The summed E-state index contributed by atoms with van der Waals surface area (Å²) in [6.07, 6.45) is 2.57.